The minimum atomic E-state index is 0. The van der Waals surface area contributed by atoms with Gasteiger partial charge in [-0.05, 0) is 0 Å². The van der Waals surface area contributed by atoms with Crippen LogP contribution in [0.1, 0.15) is 0 Å². The second-order valence-electron chi connectivity index (χ2n) is 0. The molecule has 0 aromatic heterocycles. The predicted molar refractivity (Wildman–Crippen MR) is 20.2 cm³/mol. The molecule has 0 rings (SSSR count). The van der Waals surface area contributed by atoms with Crippen molar-refractivity contribution in [2.45, 2.75) is 0 Å². The van der Waals surface area contributed by atoms with Crippen molar-refractivity contribution in [1.29, 1.82) is 0 Å². The van der Waals surface area contributed by atoms with Crippen LogP contribution in [-0.2, 0) is 21.1 Å². The zero-order valence-corrected chi connectivity index (χ0v) is 9.52. The van der Waals surface area contributed by atoms with Crippen molar-refractivity contribution < 1.29 is 43.0 Å². The maximum atomic E-state index is 0. The van der Waals surface area contributed by atoms with E-state index in [0.29, 0.717) is 0 Å². The molecule has 6 heteroatoms. The Hall–Kier alpha value is 2.01. The fourth-order valence-corrected chi connectivity index (χ4v) is 0. The normalized spacial score (nSPS) is 0. The van der Waals surface area contributed by atoms with Crippen molar-refractivity contribution in [3.8, 4) is 0 Å². The average Bonchev–Trinajstić information content (AvgIpc) is 0. The Morgan fingerprint density at radius 2 is 0.500 bits per heavy atom. The third-order valence-electron chi connectivity index (χ3n) is 0. The van der Waals surface area contributed by atoms with Gasteiger partial charge in [-0.15, -0.1) is 0 Å². The average molecular weight is 344 g/mol. The van der Waals surface area contributed by atoms with Gasteiger partial charge in [0.25, 0.3) is 0 Å². The number of hydrogen-bond donors (Lipinski definition) is 0. The molecule has 0 aromatic rings. The molecule has 0 aliphatic heterocycles. The first-order valence-corrected chi connectivity index (χ1v) is 0. The largest absolute Gasteiger partial charge is 2.00 e. The SMILES string of the molecule is O.O.O.O.[Sr+2].[W]. The van der Waals surface area contributed by atoms with E-state index in [4.69, 9.17) is 0 Å². The van der Waals surface area contributed by atoms with E-state index < -0.39 is 0 Å². The first kappa shape index (κ1) is 97.5. The van der Waals surface area contributed by atoms with Gasteiger partial charge in [0.05, 0.1) is 0 Å². The quantitative estimate of drug-likeness (QED) is 0.402. The third kappa shape index (κ3) is 37.4. The van der Waals surface area contributed by atoms with Crippen molar-refractivity contribution in [2.24, 2.45) is 0 Å². The van der Waals surface area contributed by atoms with Crippen LogP contribution in [0.3, 0.4) is 0 Å². The molecule has 0 bridgehead atoms. The molecule has 0 aliphatic carbocycles. The molecule has 0 aromatic carbocycles. The van der Waals surface area contributed by atoms with E-state index in [1.807, 2.05) is 0 Å². The summed E-state index contributed by atoms with van der Waals surface area (Å²) in [5.41, 5.74) is 0. The van der Waals surface area contributed by atoms with Crippen molar-refractivity contribution in [1.82, 2.24) is 0 Å². The van der Waals surface area contributed by atoms with Crippen molar-refractivity contribution in [3.63, 3.8) is 0 Å². The molecule has 4 nitrogen and oxygen atoms in total. The van der Waals surface area contributed by atoms with Gasteiger partial charge >= 0.3 is 45.5 Å². The molecule has 0 saturated carbocycles. The first-order chi connectivity index (χ1) is 0. The molecule has 0 spiro atoms. The van der Waals surface area contributed by atoms with E-state index in [0.717, 1.165) is 0 Å². The molecule has 0 amide bonds. The maximum absolute atomic E-state index is 0. The molecule has 0 heterocycles. The van der Waals surface area contributed by atoms with Gasteiger partial charge < -0.3 is 21.9 Å². The third-order valence-corrected chi connectivity index (χ3v) is 0. The van der Waals surface area contributed by atoms with Gasteiger partial charge in [0.2, 0.25) is 0 Å². The van der Waals surface area contributed by atoms with Crippen molar-refractivity contribution in [3.05, 3.63) is 0 Å². The van der Waals surface area contributed by atoms with Gasteiger partial charge in [0.1, 0.15) is 0 Å². The Balaban J connectivity index is 0. The van der Waals surface area contributed by atoms with Crippen LogP contribution in [0.15, 0.2) is 0 Å². The minimum absolute atomic E-state index is 0. The summed E-state index contributed by atoms with van der Waals surface area (Å²) in [6.45, 7) is 0. The smallest absolute Gasteiger partial charge is 0.412 e. The van der Waals surface area contributed by atoms with E-state index >= 15 is 0 Å². The van der Waals surface area contributed by atoms with Crippen molar-refractivity contribution >= 4 is 45.5 Å². The molecule has 0 saturated heterocycles. The van der Waals surface area contributed by atoms with Crippen LogP contribution in [0, 0.1) is 0 Å². The summed E-state index contributed by atoms with van der Waals surface area (Å²) >= 11 is 0. The molecule has 0 radical (unpaired) electrons. The summed E-state index contributed by atoms with van der Waals surface area (Å²) in [4.78, 5) is 0. The zero-order chi connectivity index (χ0) is 0. The summed E-state index contributed by atoms with van der Waals surface area (Å²) in [7, 11) is 0. The van der Waals surface area contributed by atoms with E-state index in [1.165, 1.54) is 0 Å². The molecule has 0 atom stereocenters. The fourth-order valence-electron chi connectivity index (χ4n) is 0. The van der Waals surface area contributed by atoms with E-state index in [-0.39, 0.29) is 88.5 Å². The van der Waals surface area contributed by atoms with Gasteiger partial charge in [-0.3, -0.25) is 0 Å². The molecule has 0 unspecified atom stereocenters. The van der Waals surface area contributed by atoms with Gasteiger partial charge in [-0.25, -0.2) is 0 Å². The molecule has 0 fully saturated rings. The summed E-state index contributed by atoms with van der Waals surface area (Å²) < 4.78 is 0. The fraction of sp³-hybridized carbons (Fsp3) is 0. The minimum Gasteiger partial charge on any atom is -0.412 e. The summed E-state index contributed by atoms with van der Waals surface area (Å²) in [6.07, 6.45) is 0. The van der Waals surface area contributed by atoms with Gasteiger partial charge in [0.15, 0.2) is 0 Å². The van der Waals surface area contributed by atoms with Crippen LogP contribution in [0.25, 0.3) is 0 Å². The van der Waals surface area contributed by atoms with Gasteiger partial charge in [-0.2, -0.15) is 0 Å². The number of hydrogen-bond acceptors (Lipinski definition) is 0. The van der Waals surface area contributed by atoms with Crippen LogP contribution in [0.2, 0.25) is 0 Å². The van der Waals surface area contributed by atoms with Gasteiger partial charge in [0, 0.05) is 21.1 Å². The van der Waals surface area contributed by atoms with Gasteiger partial charge in [-0.1, -0.05) is 0 Å². The van der Waals surface area contributed by atoms with Crippen LogP contribution in [0.5, 0.6) is 0 Å². The summed E-state index contributed by atoms with van der Waals surface area (Å²) in [6, 6.07) is 0. The topological polar surface area (TPSA) is 126 Å². The second kappa shape index (κ2) is 62.7. The molecule has 38 valence electrons. The van der Waals surface area contributed by atoms with Crippen LogP contribution >= 0.6 is 0 Å². The van der Waals surface area contributed by atoms with Crippen molar-refractivity contribution in [2.75, 3.05) is 0 Å². The van der Waals surface area contributed by atoms with Crippen LogP contribution in [-0.4, -0.2) is 67.4 Å². The molecular weight excluding hydrogens is 335 g/mol. The Bertz CT molecular complexity index is 7.51. The molecule has 6 heavy (non-hydrogen) atoms. The Morgan fingerprint density at radius 3 is 0.500 bits per heavy atom. The zero-order valence-electron chi connectivity index (χ0n) is 3.12. The van der Waals surface area contributed by atoms with Crippen LogP contribution in [0.4, 0.5) is 0 Å². The molecule has 0 aliphatic rings. The Kier molecular flexibility index (Phi) is 1020. The Labute approximate surface area is 87.1 Å². The first-order valence-electron chi connectivity index (χ1n) is 0. The van der Waals surface area contributed by atoms with E-state index in [2.05, 4.69) is 0 Å². The van der Waals surface area contributed by atoms with E-state index in [9.17, 15) is 0 Å². The van der Waals surface area contributed by atoms with Crippen LogP contribution < -0.4 is 0 Å². The second-order valence-corrected chi connectivity index (χ2v) is 0. The maximum Gasteiger partial charge on any atom is 2.00 e. The summed E-state index contributed by atoms with van der Waals surface area (Å²) in [5.74, 6) is 0. The molecular formula is H8O4SrW+2. The van der Waals surface area contributed by atoms with E-state index in [1.54, 1.807) is 0 Å². The number of rotatable bonds is 0. The summed E-state index contributed by atoms with van der Waals surface area (Å²) in [5, 5.41) is 0. The predicted octanol–water partition coefficient (Wildman–Crippen LogP) is -3.68. The monoisotopic (exact) mass is 344 g/mol. The Morgan fingerprint density at radius 1 is 0.500 bits per heavy atom. The molecule has 8 N–H and O–H groups in total. The standard InChI is InChI=1S/4H2O.Sr.W/h4*1H2;;/q;;;;+2;.